The van der Waals surface area contributed by atoms with E-state index in [-0.39, 0.29) is 6.42 Å². The Kier molecular flexibility index (Phi) is 4.28. The molecule has 5 nitrogen and oxygen atoms in total. The van der Waals surface area contributed by atoms with Crippen molar-refractivity contribution in [3.05, 3.63) is 18.0 Å². The summed E-state index contributed by atoms with van der Waals surface area (Å²) < 4.78 is 1.71. The summed E-state index contributed by atoms with van der Waals surface area (Å²) in [5, 5.41) is 31.5. The normalized spacial score (nSPS) is 14.5. The van der Waals surface area contributed by atoms with Crippen LogP contribution in [0.5, 0.6) is 0 Å². The summed E-state index contributed by atoms with van der Waals surface area (Å²) in [7, 11) is 0. The summed E-state index contributed by atoms with van der Waals surface area (Å²) in [4.78, 5) is 0. The number of hydrogen-bond donors (Lipinski definition) is 2. The molecule has 0 radical (unpaired) electrons. The van der Waals surface area contributed by atoms with E-state index < -0.39 is 12.2 Å². The van der Waals surface area contributed by atoms with Crippen molar-refractivity contribution < 1.29 is 10.2 Å². The summed E-state index contributed by atoms with van der Waals surface area (Å²) in [5.41, 5.74) is 0.547. The first kappa shape index (κ1) is 11.7. The molecule has 15 heavy (non-hydrogen) atoms. The van der Waals surface area contributed by atoms with Crippen molar-refractivity contribution in [2.75, 3.05) is 0 Å². The number of rotatable bonds is 5. The van der Waals surface area contributed by atoms with E-state index in [2.05, 4.69) is 5.10 Å². The van der Waals surface area contributed by atoms with Crippen LogP contribution in [0.15, 0.2) is 12.4 Å². The minimum atomic E-state index is -1.05. The first-order valence-corrected chi connectivity index (χ1v) is 4.94. The molecular formula is C10H15N3O2. The summed E-state index contributed by atoms with van der Waals surface area (Å²) in [6.45, 7) is 2.81. The van der Waals surface area contributed by atoms with Gasteiger partial charge in [-0.15, -0.1) is 0 Å². The van der Waals surface area contributed by atoms with E-state index in [4.69, 9.17) is 5.26 Å². The van der Waals surface area contributed by atoms with Crippen molar-refractivity contribution >= 4 is 0 Å². The lowest BCUT2D eigenvalue weighted by molar-refractivity contribution is 0.0216. The van der Waals surface area contributed by atoms with Crippen LogP contribution in [0.3, 0.4) is 0 Å². The third-order valence-corrected chi connectivity index (χ3v) is 2.11. The molecule has 0 fully saturated rings. The molecule has 0 saturated carbocycles. The largest absolute Gasteiger partial charge is 0.389 e. The molecule has 1 rings (SSSR count). The first-order chi connectivity index (χ1) is 7.19. The lowest BCUT2D eigenvalue weighted by atomic mass is 10.1. The van der Waals surface area contributed by atoms with Gasteiger partial charge in [-0.2, -0.15) is 10.4 Å². The van der Waals surface area contributed by atoms with Crippen molar-refractivity contribution in [2.24, 2.45) is 0 Å². The minimum absolute atomic E-state index is 0.0832. The van der Waals surface area contributed by atoms with E-state index in [1.165, 1.54) is 6.20 Å². The molecule has 1 aromatic rings. The molecule has 0 aliphatic carbocycles. The molecule has 0 saturated heterocycles. The van der Waals surface area contributed by atoms with Gasteiger partial charge in [0.2, 0.25) is 0 Å². The summed E-state index contributed by atoms with van der Waals surface area (Å²) in [6, 6.07) is 1.81. The van der Waals surface area contributed by atoms with E-state index in [0.717, 1.165) is 13.0 Å². The van der Waals surface area contributed by atoms with Crippen molar-refractivity contribution in [3.63, 3.8) is 0 Å². The predicted molar refractivity (Wildman–Crippen MR) is 53.7 cm³/mol. The second kappa shape index (κ2) is 5.49. The van der Waals surface area contributed by atoms with Crippen molar-refractivity contribution in [2.45, 2.75) is 38.5 Å². The average molecular weight is 209 g/mol. The van der Waals surface area contributed by atoms with Crippen LogP contribution < -0.4 is 0 Å². The molecule has 0 aromatic carbocycles. The Morgan fingerprint density at radius 3 is 2.93 bits per heavy atom. The van der Waals surface area contributed by atoms with Gasteiger partial charge in [0.05, 0.1) is 24.8 Å². The maximum Gasteiger partial charge on any atom is 0.109 e. The average Bonchev–Trinajstić information content (AvgIpc) is 2.66. The Morgan fingerprint density at radius 2 is 2.33 bits per heavy atom. The number of hydrogen-bond acceptors (Lipinski definition) is 4. The maximum atomic E-state index is 9.65. The summed E-state index contributed by atoms with van der Waals surface area (Å²) in [5.74, 6) is 0. The predicted octanol–water partition coefficient (Wildman–Crippen LogP) is 0.601. The van der Waals surface area contributed by atoms with Crippen LogP contribution in [-0.2, 0) is 6.54 Å². The standard InChI is InChI=1S/C10H15N3O2/c1-2-5-13-7-8(6-12-13)10(15)9(14)3-4-11/h6-7,9-10,14-15H,2-3,5H2,1H3. The molecule has 0 bridgehead atoms. The number of nitrogens with zero attached hydrogens (tertiary/aromatic N) is 3. The highest BCUT2D eigenvalue weighted by molar-refractivity contribution is 5.10. The quantitative estimate of drug-likeness (QED) is 0.744. The molecule has 2 unspecified atom stereocenters. The molecule has 2 atom stereocenters. The van der Waals surface area contributed by atoms with Gasteiger partial charge in [0, 0.05) is 18.3 Å². The van der Waals surface area contributed by atoms with Gasteiger partial charge >= 0.3 is 0 Å². The SMILES string of the molecule is CCCn1cc(C(O)C(O)CC#N)cn1. The van der Waals surface area contributed by atoms with Crippen LogP contribution in [0.2, 0.25) is 0 Å². The van der Waals surface area contributed by atoms with E-state index >= 15 is 0 Å². The number of nitriles is 1. The fourth-order valence-corrected chi connectivity index (χ4v) is 1.31. The molecule has 0 aliphatic heterocycles. The molecule has 0 amide bonds. The van der Waals surface area contributed by atoms with Crippen LogP contribution in [0.25, 0.3) is 0 Å². The topological polar surface area (TPSA) is 82.1 Å². The Balaban J connectivity index is 2.65. The monoisotopic (exact) mass is 209 g/mol. The second-order valence-electron chi connectivity index (χ2n) is 3.41. The number of aliphatic hydroxyl groups excluding tert-OH is 2. The molecule has 0 aliphatic rings. The molecule has 5 heteroatoms. The number of aliphatic hydroxyl groups is 2. The number of aromatic nitrogens is 2. The third kappa shape index (κ3) is 3.05. The smallest absolute Gasteiger partial charge is 0.109 e. The summed E-state index contributed by atoms with van der Waals surface area (Å²) in [6.07, 6.45) is 2.00. The Bertz CT molecular complexity index is 343. The molecule has 2 N–H and O–H groups in total. The zero-order valence-electron chi connectivity index (χ0n) is 8.67. The van der Waals surface area contributed by atoms with E-state index in [0.29, 0.717) is 5.56 Å². The highest BCUT2D eigenvalue weighted by atomic mass is 16.3. The molecule has 82 valence electrons. The Labute approximate surface area is 88.6 Å². The van der Waals surface area contributed by atoms with Crippen molar-refractivity contribution in [3.8, 4) is 6.07 Å². The fourth-order valence-electron chi connectivity index (χ4n) is 1.31. The fraction of sp³-hybridized carbons (Fsp3) is 0.600. The molecule has 1 heterocycles. The van der Waals surface area contributed by atoms with Gasteiger partial charge in [0.15, 0.2) is 0 Å². The minimum Gasteiger partial charge on any atom is -0.389 e. The summed E-state index contributed by atoms with van der Waals surface area (Å²) >= 11 is 0. The van der Waals surface area contributed by atoms with Crippen LogP contribution in [0, 0.1) is 11.3 Å². The zero-order chi connectivity index (χ0) is 11.3. The van der Waals surface area contributed by atoms with Crippen LogP contribution >= 0.6 is 0 Å². The van der Waals surface area contributed by atoms with E-state index in [1.807, 2.05) is 13.0 Å². The van der Waals surface area contributed by atoms with Crippen LogP contribution in [-0.4, -0.2) is 26.1 Å². The zero-order valence-corrected chi connectivity index (χ0v) is 8.67. The third-order valence-electron chi connectivity index (χ3n) is 2.11. The molecular weight excluding hydrogens is 194 g/mol. The molecule has 0 spiro atoms. The van der Waals surface area contributed by atoms with Gasteiger partial charge in [-0.05, 0) is 6.42 Å². The first-order valence-electron chi connectivity index (χ1n) is 4.94. The maximum absolute atomic E-state index is 9.65. The van der Waals surface area contributed by atoms with E-state index in [1.54, 1.807) is 10.9 Å². The number of aryl methyl sites for hydroxylation is 1. The highest BCUT2D eigenvalue weighted by Crippen LogP contribution is 2.17. The Morgan fingerprint density at radius 1 is 1.60 bits per heavy atom. The van der Waals surface area contributed by atoms with Crippen LogP contribution in [0.4, 0.5) is 0 Å². The Hall–Kier alpha value is -1.38. The van der Waals surface area contributed by atoms with Crippen LogP contribution in [0.1, 0.15) is 31.4 Å². The van der Waals surface area contributed by atoms with Gasteiger partial charge in [0.1, 0.15) is 6.10 Å². The lowest BCUT2D eigenvalue weighted by Crippen LogP contribution is -2.16. The van der Waals surface area contributed by atoms with Crippen molar-refractivity contribution in [1.29, 1.82) is 5.26 Å². The van der Waals surface area contributed by atoms with Gasteiger partial charge in [-0.1, -0.05) is 6.92 Å². The van der Waals surface area contributed by atoms with Gasteiger partial charge < -0.3 is 10.2 Å². The lowest BCUT2D eigenvalue weighted by Gasteiger charge is -2.12. The van der Waals surface area contributed by atoms with Gasteiger partial charge in [-0.25, -0.2) is 0 Å². The second-order valence-corrected chi connectivity index (χ2v) is 3.41. The van der Waals surface area contributed by atoms with Gasteiger partial charge in [0.25, 0.3) is 0 Å². The van der Waals surface area contributed by atoms with Crippen molar-refractivity contribution in [1.82, 2.24) is 9.78 Å². The van der Waals surface area contributed by atoms with Gasteiger partial charge in [-0.3, -0.25) is 4.68 Å². The molecule has 1 aromatic heterocycles. The highest BCUT2D eigenvalue weighted by Gasteiger charge is 2.19. The van der Waals surface area contributed by atoms with E-state index in [9.17, 15) is 10.2 Å².